The van der Waals surface area contributed by atoms with E-state index in [2.05, 4.69) is 15.4 Å². The molecule has 0 aromatic heterocycles. The SMILES string of the molecule is CCNS(=O)(=O)c1ccc(NCC2CCNC2)cc1. The summed E-state index contributed by atoms with van der Waals surface area (Å²) in [7, 11) is -3.35. The fourth-order valence-electron chi connectivity index (χ4n) is 2.18. The largest absolute Gasteiger partial charge is 0.385 e. The summed E-state index contributed by atoms with van der Waals surface area (Å²) in [5.41, 5.74) is 0.961. The third-order valence-corrected chi connectivity index (χ3v) is 4.82. The molecule has 3 N–H and O–H groups in total. The Morgan fingerprint density at radius 3 is 2.63 bits per heavy atom. The van der Waals surface area contributed by atoms with E-state index in [0.29, 0.717) is 17.4 Å². The second kappa shape index (κ2) is 6.36. The van der Waals surface area contributed by atoms with Crippen LogP contribution in [0.25, 0.3) is 0 Å². The number of benzene rings is 1. The molecule has 1 unspecified atom stereocenters. The highest BCUT2D eigenvalue weighted by Crippen LogP contribution is 2.15. The molecule has 0 saturated carbocycles. The second-order valence-electron chi connectivity index (χ2n) is 4.77. The van der Waals surface area contributed by atoms with Crippen molar-refractivity contribution in [3.63, 3.8) is 0 Å². The molecule has 0 radical (unpaired) electrons. The first-order valence-electron chi connectivity index (χ1n) is 6.66. The Kier molecular flexibility index (Phi) is 4.79. The average molecular weight is 283 g/mol. The molecule has 0 spiro atoms. The van der Waals surface area contributed by atoms with Crippen LogP contribution in [0.2, 0.25) is 0 Å². The van der Waals surface area contributed by atoms with Crippen molar-refractivity contribution in [2.75, 3.05) is 31.5 Å². The zero-order valence-corrected chi connectivity index (χ0v) is 12.0. The van der Waals surface area contributed by atoms with Crippen LogP contribution in [0, 0.1) is 5.92 Å². The highest BCUT2D eigenvalue weighted by Gasteiger charge is 2.14. The second-order valence-corrected chi connectivity index (χ2v) is 6.53. The minimum Gasteiger partial charge on any atom is -0.385 e. The lowest BCUT2D eigenvalue weighted by molar-refractivity contribution is 0.584. The fourth-order valence-corrected chi connectivity index (χ4v) is 3.22. The van der Waals surface area contributed by atoms with E-state index in [0.717, 1.165) is 25.3 Å². The van der Waals surface area contributed by atoms with Crippen LogP contribution in [0.15, 0.2) is 29.2 Å². The molecule has 1 aromatic carbocycles. The van der Waals surface area contributed by atoms with Crippen molar-refractivity contribution in [1.29, 1.82) is 0 Å². The van der Waals surface area contributed by atoms with E-state index in [9.17, 15) is 8.42 Å². The van der Waals surface area contributed by atoms with Crippen LogP contribution in [0.5, 0.6) is 0 Å². The number of hydrogen-bond donors (Lipinski definition) is 3. The van der Waals surface area contributed by atoms with Gasteiger partial charge in [-0.2, -0.15) is 0 Å². The maximum absolute atomic E-state index is 11.8. The Bertz CT molecular complexity index is 493. The van der Waals surface area contributed by atoms with Crippen molar-refractivity contribution in [1.82, 2.24) is 10.0 Å². The van der Waals surface area contributed by atoms with Crippen molar-refractivity contribution in [2.24, 2.45) is 5.92 Å². The number of nitrogens with one attached hydrogen (secondary N) is 3. The van der Waals surface area contributed by atoms with Crippen LogP contribution >= 0.6 is 0 Å². The summed E-state index contributed by atoms with van der Waals surface area (Å²) in [5.74, 6) is 0.658. The van der Waals surface area contributed by atoms with Gasteiger partial charge in [-0.3, -0.25) is 0 Å². The van der Waals surface area contributed by atoms with E-state index in [1.807, 2.05) is 12.1 Å². The molecule has 0 aliphatic carbocycles. The van der Waals surface area contributed by atoms with Crippen molar-refractivity contribution in [3.8, 4) is 0 Å². The van der Waals surface area contributed by atoms with Gasteiger partial charge in [0.1, 0.15) is 0 Å². The van der Waals surface area contributed by atoms with Gasteiger partial charge in [0.05, 0.1) is 4.90 Å². The number of anilines is 1. The molecule has 19 heavy (non-hydrogen) atoms. The molecular weight excluding hydrogens is 262 g/mol. The molecule has 2 rings (SSSR count). The van der Waals surface area contributed by atoms with Crippen molar-refractivity contribution >= 4 is 15.7 Å². The van der Waals surface area contributed by atoms with Gasteiger partial charge in [0, 0.05) is 18.8 Å². The molecule has 1 saturated heterocycles. The van der Waals surface area contributed by atoms with E-state index in [-0.39, 0.29) is 0 Å². The van der Waals surface area contributed by atoms with E-state index in [1.165, 1.54) is 6.42 Å². The topological polar surface area (TPSA) is 70.2 Å². The summed E-state index contributed by atoms with van der Waals surface area (Å²) in [6.45, 7) is 5.23. The summed E-state index contributed by atoms with van der Waals surface area (Å²) in [5, 5.41) is 6.67. The molecule has 6 heteroatoms. The standard InChI is InChI=1S/C13H21N3O2S/c1-2-16-19(17,18)13-5-3-12(4-6-13)15-10-11-7-8-14-9-11/h3-6,11,14-16H,2,7-10H2,1H3. The summed E-state index contributed by atoms with van der Waals surface area (Å²) >= 11 is 0. The molecule has 1 atom stereocenters. The predicted molar refractivity (Wildman–Crippen MR) is 76.8 cm³/mol. The van der Waals surface area contributed by atoms with Crippen LogP contribution in [0.3, 0.4) is 0 Å². The Morgan fingerprint density at radius 2 is 2.05 bits per heavy atom. The van der Waals surface area contributed by atoms with E-state index in [4.69, 9.17) is 0 Å². The molecule has 1 aromatic rings. The minimum atomic E-state index is -3.35. The smallest absolute Gasteiger partial charge is 0.240 e. The predicted octanol–water partition coefficient (Wildman–Crippen LogP) is 1.01. The Hall–Kier alpha value is -1.11. The number of rotatable bonds is 6. The third kappa shape index (κ3) is 3.92. The number of hydrogen-bond acceptors (Lipinski definition) is 4. The molecule has 0 amide bonds. The van der Waals surface area contributed by atoms with E-state index in [1.54, 1.807) is 19.1 Å². The van der Waals surface area contributed by atoms with Gasteiger partial charge >= 0.3 is 0 Å². The van der Waals surface area contributed by atoms with Gasteiger partial charge in [0.15, 0.2) is 0 Å². The molecule has 1 fully saturated rings. The maximum Gasteiger partial charge on any atom is 0.240 e. The first-order chi connectivity index (χ1) is 9.12. The molecule has 0 bridgehead atoms. The van der Waals surface area contributed by atoms with Gasteiger partial charge < -0.3 is 10.6 Å². The Labute approximate surface area is 114 Å². The van der Waals surface area contributed by atoms with E-state index >= 15 is 0 Å². The monoisotopic (exact) mass is 283 g/mol. The van der Waals surface area contributed by atoms with Gasteiger partial charge in [-0.15, -0.1) is 0 Å². The molecule has 106 valence electrons. The molecule has 1 heterocycles. The van der Waals surface area contributed by atoms with E-state index < -0.39 is 10.0 Å². The summed E-state index contributed by atoms with van der Waals surface area (Å²) in [6.07, 6.45) is 1.19. The van der Waals surface area contributed by atoms with Gasteiger partial charge in [0.25, 0.3) is 0 Å². The zero-order chi connectivity index (χ0) is 13.7. The van der Waals surface area contributed by atoms with Crippen LogP contribution in [-0.2, 0) is 10.0 Å². The third-order valence-electron chi connectivity index (χ3n) is 3.26. The normalized spacial score (nSPS) is 19.5. The first kappa shape index (κ1) is 14.3. The molecule has 1 aliphatic heterocycles. The van der Waals surface area contributed by atoms with Gasteiger partial charge in [-0.1, -0.05) is 6.92 Å². The van der Waals surface area contributed by atoms with Gasteiger partial charge in [-0.05, 0) is 49.7 Å². The quantitative estimate of drug-likeness (QED) is 0.728. The Balaban J connectivity index is 1.94. The highest BCUT2D eigenvalue weighted by atomic mass is 32.2. The fraction of sp³-hybridized carbons (Fsp3) is 0.538. The van der Waals surface area contributed by atoms with Crippen molar-refractivity contribution in [2.45, 2.75) is 18.2 Å². The first-order valence-corrected chi connectivity index (χ1v) is 8.14. The average Bonchev–Trinajstić information content (AvgIpc) is 2.90. The maximum atomic E-state index is 11.8. The summed E-state index contributed by atoms with van der Waals surface area (Å²) in [6, 6.07) is 6.89. The van der Waals surface area contributed by atoms with Gasteiger partial charge in [-0.25, -0.2) is 13.1 Å². The van der Waals surface area contributed by atoms with Crippen molar-refractivity contribution in [3.05, 3.63) is 24.3 Å². The molecule has 5 nitrogen and oxygen atoms in total. The van der Waals surface area contributed by atoms with Crippen LogP contribution in [0.4, 0.5) is 5.69 Å². The van der Waals surface area contributed by atoms with Crippen molar-refractivity contribution < 1.29 is 8.42 Å². The summed E-state index contributed by atoms with van der Waals surface area (Å²) in [4.78, 5) is 0.308. The zero-order valence-electron chi connectivity index (χ0n) is 11.1. The molecular formula is C13H21N3O2S. The minimum absolute atomic E-state index is 0.308. The molecule has 1 aliphatic rings. The number of sulfonamides is 1. The highest BCUT2D eigenvalue weighted by molar-refractivity contribution is 7.89. The van der Waals surface area contributed by atoms with Crippen LogP contribution in [-0.4, -0.2) is 34.6 Å². The lowest BCUT2D eigenvalue weighted by Gasteiger charge is -2.12. The van der Waals surface area contributed by atoms with Crippen LogP contribution in [0.1, 0.15) is 13.3 Å². The summed E-state index contributed by atoms with van der Waals surface area (Å²) < 4.78 is 26.0. The Morgan fingerprint density at radius 1 is 1.32 bits per heavy atom. The lowest BCUT2D eigenvalue weighted by atomic mass is 10.1. The van der Waals surface area contributed by atoms with Gasteiger partial charge in [0.2, 0.25) is 10.0 Å². The van der Waals surface area contributed by atoms with Crippen LogP contribution < -0.4 is 15.4 Å². The lowest BCUT2D eigenvalue weighted by Crippen LogP contribution is -2.23.